The van der Waals surface area contributed by atoms with Crippen LogP contribution in [0.5, 0.6) is 0 Å². The average Bonchev–Trinajstić information content (AvgIpc) is 2.41. The Morgan fingerprint density at radius 1 is 0.737 bits per heavy atom. The van der Waals surface area contributed by atoms with Gasteiger partial charge in [0.05, 0.1) is 0 Å². The molecule has 0 aromatic rings. The van der Waals surface area contributed by atoms with Crippen molar-refractivity contribution in [2.24, 2.45) is 11.8 Å². The van der Waals surface area contributed by atoms with Crippen LogP contribution in [0.25, 0.3) is 0 Å². The van der Waals surface area contributed by atoms with Crippen molar-refractivity contribution >= 4 is 0 Å². The number of hydrogen-bond donors (Lipinski definition) is 0. The van der Waals surface area contributed by atoms with Crippen LogP contribution in [0.15, 0.2) is 0 Å². The van der Waals surface area contributed by atoms with Crippen molar-refractivity contribution in [1.82, 2.24) is 0 Å². The first-order valence-electron chi connectivity index (χ1n) is 9.33. The van der Waals surface area contributed by atoms with Gasteiger partial charge in [0.25, 0.3) is 0 Å². The molecule has 19 heavy (non-hydrogen) atoms. The molecule has 0 unspecified atom stereocenters. The smallest absolute Gasteiger partial charge is 0.0412 e. The molecule has 2 atom stereocenters. The predicted octanol–water partition coefficient (Wildman–Crippen LogP) is 7.12. The molecule has 0 heteroatoms. The molecule has 0 aromatic heterocycles. The van der Waals surface area contributed by atoms with Gasteiger partial charge in [-0.2, -0.15) is 0 Å². The highest BCUT2D eigenvalue weighted by atomic mass is 14.2. The van der Waals surface area contributed by atoms with Gasteiger partial charge in [-0.25, -0.2) is 0 Å². The summed E-state index contributed by atoms with van der Waals surface area (Å²) in [5.41, 5.74) is 0. The average molecular weight is 267 g/mol. The molecule has 0 aromatic carbocycles. The maximum Gasteiger partial charge on any atom is -0.0412 e. The summed E-state index contributed by atoms with van der Waals surface area (Å²) in [5, 5.41) is 0. The van der Waals surface area contributed by atoms with Crippen LogP contribution in [0.2, 0.25) is 0 Å². The van der Waals surface area contributed by atoms with E-state index in [0.29, 0.717) is 0 Å². The predicted molar refractivity (Wildman–Crippen MR) is 87.6 cm³/mol. The Balaban J connectivity index is 1.78. The highest BCUT2D eigenvalue weighted by Crippen LogP contribution is 2.31. The number of unbranched alkanes of at least 4 members (excludes halogenated alkanes) is 9. The molecule has 1 rings (SSSR count). The van der Waals surface area contributed by atoms with Crippen molar-refractivity contribution in [3.05, 3.63) is 0 Å². The molecule has 1 fully saturated rings. The van der Waals surface area contributed by atoms with Crippen LogP contribution < -0.4 is 0 Å². The van der Waals surface area contributed by atoms with E-state index in [9.17, 15) is 0 Å². The van der Waals surface area contributed by atoms with Crippen LogP contribution in [0, 0.1) is 11.8 Å². The third-order valence-electron chi connectivity index (χ3n) is 5.01. The van der Waals surface area contributed by atoms with E-state index in [-0.39, 0.29) is 0 Å². The number of rotatable bonds is 11. The van der Waals surface area contributed by atoms with Crippen molar-refractivity contribution in [3.8, 4) is 0 Å². The van der Waals surface area contributed by atoms with E-state index in [2.05, 4.69) is 13.8 Å². The zero-order valence-corrected chi connectivity index (χ0v) is 13.8. The Morgan fingerprint density at radius 2 is 1.32 bits per heavy atom. The minimum Gasteiger partial charge on any atom is -0.0654 e. The summed E-state index contributed by atoms with van der Waals surface area (Å²) in [5.74, 6) is 2.10. The molecular weight excluding hydrogens is 228 g/mol. The summed E-state index contributed by atoms with van der Waals surface area (Å²) >= 11 is 0. The Morgan fingerprint density at radius 3 is 1.89 bits per heavy atom. The molecule has 0 N–H and O–H groups in total. The third-order valence-corrected chi connectivity index (χ3v) is 5.01. The lowest BCUT2D eigenvalue weighted by Crippen LogP contribution is -2.12. The van der Waals surface area contributed by atoms with Crippen LogP contribution in [0.4, 0.5) is 0 Å². The zero-order valence-electron chi connectivity index (χ0n) is 13.8. The van der Waals surface area contributed by atoms with E-state index < -0.39 is 0 Å². The summed E-state index contributed by atoms with van der Waals surface area (Å²) in [4.78, 5) is 0. The zero-order chi connectivity index (χ0) is 13.8. The van der Waals surface area contributed by atoms with Crippen LogP contribution in [-0.2, 0) is 0 Å². The molecule has 114 valence electrons. The largest absolute Gasteiger partial charge is 0.0654 e. The van der Waals surface area contributed by atoms with E-state index in [1.165, 1.54) is 96.3 Å². The summed E-state index contributed by atoms with van der Waals surface area (Å²) in [6.45, 7) is 4.75. The summed E-state index contributed by atoms with van der Waals surface area (Å²) in [6, 6.07) is 0. The maximum absolute atomic E-state index is 2.45. The van der Waals surface area contributed by atoms with Crippen molar-refractivity contribution in [3.63, 3.8) is 0 Å². The van der Waals surface area contributed by atoms with Crippen molar-refractivity contribution in [1.29, 1.82) is 0 Å². The topological polar surface area (TPSA) is 0 Å². The lowest BCUT2D eigenvalue weighted by molar-refractivity contribution is 0.263. The van der Waals surface area contributed by atoms with Gasteiger partial charge in [-0.3, -0.25) is 0 Å². The monoisotopic (exact) mass is 266 g/mol. The van der Waals surface area contributed by atoms with Crippen molar-refractivity contribution < 1.29 is 0 Å². The van der Waals surface area contributed by atoms with Gasteiger partial charge in [0.15, 0.2) is 0 Å². The molecule has 0 aliphatic heterocycles. The van der Waals surface area contributed by atoms with Crippen molar-refractivity contribution in [2.75, 3.05) is 0 Å². The Kier molecular flexibility index (Phi) is 10.6. The summed E-state index contributed by atoms with van der Waals surface area (Å²) in [7, 11) is 0. The second kappa shape index (κ2) is 11.8. The molecule has 0 bridgehead atoms. The van der Waals surface area contributed by atoms with Gasteiger partial charge in [0.1, 0.15) is 0 Å². The van der Waals surface area contributed by atoms with Crippen LogP contribution in [0.1, 0.15) is 110 Å². The third kappa shape index (κ3) is 9.52. The number of hydrogen-bond acceptors (Lipinski definition) is 0. The Labute approximate surface area is 122 Å². The molecule has 0 amide bonds. The summed E-state index contributed by atoms with van der Waals surface area (Å²) in [6.07, 6.45) is 22.3. The van der Waals surface area contributed by atoms with E-state index in [0.717, 1.165) is 11.8 Å². The fourth-order valence-corrected chi connectivity index (χ4v) is 3.74. The van der Waals surface area contributed by atoms with Gasteiger partial charge in [-0.15, -0.1) is 0 Å². The van der Waals surface area contributed by atoms with E-state index >= 15 is 0 Å². The molecule has 0 spiro atoms. The molecule has 1 aliphatic carbocycles. The van der Waals surface area contributed by atoms with Gasteiger partial charge in [-0.1, -0.05) is 104 Å². The first kappa shape index (κ1) is 17.1. The van der Waals surface area contributed by atoms with Crippen LogP contribution in [-0.4, -0.2) is 0 Å². The van der Waals surface area contributed by atoms with E-state index in [4.69, 9.17) is 0 Å². The van der Waals surface area contributed by atoms with Gasteiger partial charge in [0.2, 0.25) is 0 Å². The highest BCUT2D eigenvalue weighted by Gasteiger charge is 2.17. The lowest BCUT2D eigenvalue weighted by atomic mass is 9.80. The van der Waals surface area contributed by atoms with Crippen LogP contribution >= 0.6 is 0 Å². The van der Waals surface area contributed by atoms with Gasteiger partial charge in [-0.05, 0) is 18.3 Å². The first-order valence-corrected chi connectivity index (χ1v) is 9.33. The first-order chi connectivity index (χ1) is 9.33. The molecule has 0 saturated heterocycles. The van der Waals surface area contributed by atoms with Crippen molar-refractivity contribution in [2.45, 2.75) is 110 Å². The lowest BCUT2D eigenvalue weighted by Gasteiger charge is -2.26. The van der Waals surface area contributed by atoms with Crippen LogP contribution in [0.3, 0.4) is 0 Å². The van der Waals surface area contributed by atoms with Gasteiger partial charge < -0.3 is 0 Å². The minimum atomic E-state index is 1.02. The van der Waals surface area contributed by atoms with Gasteiger partial charge in [0, 0.05) is 0 Å². The van der Waals surface area contributed by atoms with E-state index in [1.54, 1.807) is 0 Å². The fraction of sp³-hybridized carbons (Fsp3) is 1.00. The standard InChI is InChI=1S/C19H38/c1-3-4-5-6-7-8-9-10-11-12-15-19-16-13-14-18(2)17-19/h18-19H,3-17H2,1-2H3/t18-,19-/m0/s1. The Hall–Kier alpha value is 0. The molecule has 0 radical (unpaired) electrons. The second-order valence-corrected chi connectivity index (χ2v) is 7.11. The SMILES string of the molecule is CCCCCCCCCCCC[C@H]1CCC[C@H](C)C1. The molecular formula is C19H38. The Bertz CT molecular complexity index is 184. The fourth-order valence-electron chi connectivity index (χ4n) is 3.74. The molecule has 1 saturated carbocycles. The summed E-state index contributed by atoms with van der Waals surface area (Å²) < 4.78 is 0. The second-order valence-electron chi connectivity index (χ2n) is 7.11. The normalized spacial score (nSPS) is 23.7. The minimum absolute atomic E-state index is 1.02. The molecule has 0 heterocycles. The van der Waals surface area contributed by atoms with E-state index in [1.807, 2.05) is 0 Å². The molecule has 0 nitrogen and oxygen atoms in total. The van der Waals surface area contributed by atoms with Gasteiger partial charge >= 0.3 is 0 Å². The quantitative estimate of drug-likeness (QED) is 0.349. The maximum atomic E-state index is 2.45. The highest BCUT2D eigenvalue weighted by molar-refractivity contribution is 4.70. The molecule has 1 aliphatic rings.